The maximum Gasteiger partial charge on any atom is 0.270 e. The molecule has 106 valence electrons. The number of non-ortho nitro benzene ring substituents is 1. The van der Waals surface area contributed by atoms with Crippen molar-refractivity contribution in [3.05, 3.63) is 68.2 Å². The minimum absolute atomic E-state index is 0.0943. The lowest BCUT2D eigenvalue weighted by atomic mass is 10.2. The summed E-state index contributed by atoms with van der Waals surface area (Å²) in [5.74, 6) is -0.0943. The molecule has 0 aliphatic heterocycles. The van der Waals surface area contributed by atoms with E-state index in [1.54, 1.807) is 0 Å². The van der Waals surface area contributed by atoms with Crippen molar-refractivity contribution >= 4 is 34.0 Å². The highest BCUT2D eigenvalue weighted by molar-refractivity contribution is 9.10. The van der Waals surface area contributed by atoms with Crippen LogP contribution < -0.4 is 0 Å². The van der Waals surface area contributed by atoms with Crippen molar-refractivity contribution in [3.8, 4) is 5.75 Å². The van der Waals surface area contributed by atoms with Crippen LogP contribution in [0.2, 0.25) is 0 Å². The fourth-order valence-corrected chi connectivity index (χ4v) is 1.77. The van der Waals surface area contributed by atoms with Gasteiger partial charge in [-0.3, -0.25) is 10.1 Å². The maximum atomic E-state index is 10.7. The molecule has 2 aromatic rings. The number of phenolic OH excluding ortho intramolecular Hbond substituents is 1. The Morgan fingerprint density at radius 1 is 1.10 bits per heavy atom. The summed E-state index contributed by atoms with van der Waals surface area (Å²) in [5, 5.41) is 27.8. The van der Waals surface area contributed by atoms with Crippen LogP contribution in [-0.2, 0) is 0 Å². The molecule has 0 spiro atoms. The molecule has 7 heteroatoms. The van der Waals surface area contributed by atoms with Crippen molar-refractivity contribution in [2.75, 3.05) is 0 Å². The molecule has 21 heavy (non-hydrogen) atoms. The highest BCUT2D eigenvalue weighted by Gasteiger charge is 2.08. The molecule has 1 N–H and O–H groups in total. The molecular formula is C14H10BrN3O3. The molecule has 6 nitrogen and oxygen atoms in total. The fourth-order valence-electron chi connectivity index (χ4n) is 1.50. The third-order valence-corrected chi connectivity index (χ3v) is 3.09. The number of nitro groups is 1. The zero-order valence-electron chi connectivity index (χ0n) is 10.7. The summed E-state index contributed by atoms with van der Waals surface area (Å²) < 4.78 is 0.963. The highest BCUT2D eigenvalue weighted by atomic mass is 79.9. The fraction of sp³-hybridized carbons (Fsp3) is 0. The zero-order chi connectivity index (χ0) is 15.2. The lowest BCUT2D eigenvalue weighted by molar-refractivity contribution is -0.384. The predicted molar refractivity (Wildman–Crippen MR) is 84.1 cm³/mol. The first-order chi connectivity index (χ1) is 10.1. The Hall–Kier alpha value is -2.54. The summed E-state index contributed by atoms with van der Waals surface area (Å²) in [6.45, 7) is 0. The van der Waals surface area contributed by atoms with Gasteiger partial charge in [-0.25, -0.2) is 0 Å². The van der Waals surface area contributed by atoms with E-state index < -0.39 is 4.92 Å². The quantitative estimate of drug-likeness (QED) is 0.521. The molecule has 2 rings (SSSR count). The van der Waals surface area contributed by atoms with E-state index in [2.05, 4.69) is 26.1 Å². The molecule has 0 aromatic heterocycles. The normalized spacial score (nSPS) is 11.3. The van der Waals surface area contributed by atoms with E-state index >= 15 is 0 Å². The van der Waals surface area contributed by atoms with E-state index in [1.807, 2.05) is 24.3 Å². The van der Waals surface area contributed by atoms with Crippen LogP contribution in [0.15, 0.2) is 57.1 Å². The van der Waals surface area contributed by atoms with E-state index in [9.17, 15) is 15.2 Å². The van der Waals surface area contributed by atoms with Crippen molar-refractivity contribution in [3.63, 3.8) is 0 Å². The topological polar surface area (TPSA) is 88.1 Å². The number of hydrogen-bond donors (Lipinski definition) is 1. The standard InChI is InChI=1S/C14H10BrN3O3/c15-12-3-1-10(2-4-12)8-16-17-9-11-7-13(18(20)21)5-6-14(11)19/h1-9,19H/b16-8-,17-9+. The third kappa shape index (κ3) is 4.22. The average Bonchev–Trinajstić information content (AvgIpc) is 2.47. The number of nitrogens with zero attached hydrogens (tertiary/aromatic N) is 3. The second-order valence-electron chi connectivity index (χ2n) is 4.04. The van der Waals surface area contributed by atoms with Gasteiger partial charge in [-0.05, 0) is 23.8 Å². The minimum Gasteiger partial charge on any atom is -0.507 e. The van der Waals surface area contributed by atoms with Gasteiger partial charge in [0, 0.05) is 22.2 Å². The van der Waals surface area contributed by atoms with Crippen LogP contribution >= 0.6 is 15.9 Å². The smallest absolute Gasteiger partial charge is 0.270 e. The SMILES string of the molecule is O=[N+]([O-])c1ccc(O)c(/C=N/N=C\c2ccc(Br)cc2)c1. The summed E-state index contributed by atoms with van der Waals surface area (Å²) in [6, 6.07) is 11.2. The monoisotopic (exact) mass is 347 g/mol. The lowest BCUT2D eigenvalue weighted by Crippen LogP contribution is -1.90. The molecule has 0 fully saturated rings. The first-order valence-corrected chi connectivity index (χ1v) is 6.65. The number of nitro benzene ring substituents is 1. The van der Waals surface area contributed by atoms with E-state index in [1.165, 1.54) is 30.6 Å². The average molecular weight is 348 g/mol. The second-order valence-corrected chi connectivity index (χ2v) is 4.96. The van der Waals surface area contributed by atoms with Gasteiger partial charge in [0.2, 0.25) is 0 Å². The molecule has 0 aliphatic carbocycles. The largest absolute Gasteiger partial charge is 0.507 e. The van der Waals surface area contributed by atoms with Crippen molar-refractivity contribution < 1.29 is 10.0 Å². The summed E-state index contributed by atoms with van der Waals surface area (Å²) in [4.78, 5) is 10.1. The number of hydrogen-bond acceptors (Lipinski definition) is 5. The molecular weight excluding hydrogens is 338 g/mol. The van der Waals surface area contributed by atoms with E-state index in [0.29, 0.717) is 0 Å². The molecule has 0 atom stereocenters. The van der Waals surface area contributed by atoms with Gasteiger partial charge in [-0.2, -0.15) is 10.2 Å². The van der Waals surface area contributed by atoms with Crippen LogP contribution in [0.5, 0.6) is 5.75 Å². The minimum atomic E-state index is -0.540. The Morgan fingerprint density at radius 3 is 2.43 bits per heavy atom. The molecule has 0 amide bonds. The Morgan fingerprint density at radius 2 is 1.76 bits per heavy atom. The molecule has 0 aliphatic rings. The number of aromatic hydroxyl groups is 1. The summed E-state index contributed by atoms with van der Waals surface area (Å²) in [7, 11) is 0. The Labute approximate surface area is 128 Å². The van der Waals surface area contributed by atoms with Crippen molar-refractivity contribution in [1.29, 1.82) is 0 Å². The molecule has 0 unspecified atom stereocenters. The van der Waals surface area contributed by atoms with Gasteiger partial charge in [0.1, 0.15) is 5.75 Å². The van der Waals surface area contributed by atoms with Crippen molar-refractivity contribution in [2.24, 2.45) is 10.2 Å². The van der Waals surface area contributed by atoms with Gasteiger partial charge >= 0.3 is 0 Å². The van der Waals surface area contributed by atoms with Crippen LogP contribution in [0.3, 0.4) is 0 Å². The molecule has 0 saturated heterocycles. The molecule has 0 saturated carbocycles. The van der Waals surface area contributed by atoms with E-state index in [-0.39, 0.29) is 17.0 Å². The van der Waals surface area contributed by atoms with E-state index in [4.69, 9.17) is 0 Å². The van der Waals surface area contributed by atoms with Gasteiger partial charge in [0.15, 0.2) is 0 Å². The summed E-state index contributed by atoms with van der Waals surface area (Å²) in [6.07, 6.45) is 2.80. The molecule has 0 radical (unpaired) electrons. The van der Waals surface area contributed by atoms with Crippen LogP contribution in [0, 0.1) is 10.1 Å². The number of halogens is 1. The van der Waals surface area contributed by atoms with Crippen LogP contribution in [-0.4, -0.2) is 22.5 Å². The number of benzene rings is 2. The lowest BCUT2D eigenvalue weighted by Gasteiger charge is -1.97. The Balaban J connectivity index is 2.12. The summed E-state index contributed by atoms with van der Waals surface area (Å²) in [5.41, 5.74) is 0.974. The number of rotatable bonds is 4. The number of phenols is 1. The Bertz CT molecular complexity index is 712. The molecule has 0 bridgehead atoms. The van der Waals surface area contributed by atoms with Crippen LogP contribution in [0.4, 0.5) is 5.69 Å². The van der Waals surface area contributed by atoms with Gasteiger partial charge in [-0.15, -0.1) is 0 Å². The predicted octanol–water partition coefficient (Wildman–Crippen LogP) is 3.52. The van der Waals surface area contributed by atoms with Crippen LogP contribution in [0.1, 0.15) is 11.1 Å². The maximum absolute atomic E-state index is 10.7. The van der Waals surface area contributed by atoms with Gasteiger partial charge in [0.25, 0.3) is 5.69 Å². The molecule has 2 aromatic carbocycles. The van der Waals surface area contributed by atoms with Crippen molar-refractivity contribution in [1.82, 2.24) is 0 Å². The first-order valence-electron chi connectivity index (χ1n) is 5.85. The third-order valence-electron chi connectivity index (χ3n) is 2.56. The van der Waals surface area contributed by atoms with E-state index in [0.717, 1.165) is 10.0 Å². The van der Waals surface area contributed by atoms with Crippen LogP contribution in [0.25, 0.3) is 0 Å². The zero-order valence-corrected chi connectivity index (χ0v) is 12.3. The first kappa shape index (κ1) is 14.9. The summed E-state index contributed by atoms with van der Waals surface area (Å²) >= 11 is 3.33. The van der Waals surface area contributed by atoms with Gasteiger partial charge in [-0.1, -0.05) is 28.1 Å². The van der Waals surface area contributed by atoms with Gasteiger partial charge < -0.3 is 5.11 Å². The molecule has 0 heterocycles. The second kappa shape index (κ2) is 6.76. The van der Waals surface area contributed by atoms with Gasteiger partial charge in [0.05, 0.1) is 17.4 Å². The van der Waals surface area contributed by atoms with Crippen molar-refractivity contribution in [2.45, 2.75) is 0 Å². The highest BCUT2D eigenvalue weighted by Crippen LogP contribution is 2.21. The Kier molecular flexibility index (Phi) is 4.78.